The highest BCUT2D eigenvalue weighted by atomic mass is 16.4. The van der Waals surface area contributed by atoms with Gasteiger partial charge in [0.2, 0.25) is 0 Å². The van der Waals surface area contributed by atoms with E-state index in [1.54, 1.807) is 18.2 Å². The maximum Gasteiger partial charge on any atom is 0.339 e. The highest BCUT2D eigenvalue weighted by Gasteiger charge is 2.12. The summed E-state index contributed by atoms with van der Waals surface area (Å²) in [6.45, 7) is 0. The molecule has 5 heteroatoms. The molecule has 0 amide bonds. The van der Waals surface area contributed by atoms with Gasteiger partial charge in [-0.05, 0) is 6.07 Å². The first-order chi connectivity index (χ1) is 7.24. The van der Waals surface area contributed by atoms with E-state index < -0.39 is 5.97 Å². The molecule has 2 rings (SSSR count). The fraction of sp³-hybridized carbons (Fsp3) is 0. The molecular weight excluding hydrogens is 194 g/mol. The molecule has 2 aromatic rings. The summed E-state index contributed by atoms with van der Waals surface area (Å²) in [6, 6.07) is 7.19. The average molecular weight is 203 g/mol. The molecular formula is C10H9N3O2. The lowest BCUT2D eigenvalue weighted by Crippen LogP contribution is -2.12. The second kappa shape index (κ2) is 3.55. The summed E-state index contributed by atoms with van der Waals surface area (Å²) >= 11 is 0. The van der Waals surface area contributed by atoms with Crippen molar-refractivity contribution >= 4 is 22.6 Å². The Balaban J connectivity index is 2.81. The Morgan fingerprint density at radius 3 is 2.80 bits per heavy atom. The summed E-state index contributed by atoms with van der Waals surface area (Å²) in [5.74, 6) is 4.26. The Hall–Kier alpha value is -2.14. The Bertz CT molecular complexity index is 525. The number of nitrogens with one attached hydrogen (secondary N) is 1. The molecule has 0 unspecified atom stereocenters. The van der Waals surface area contributed by atoms with Gasteiger partial charge in [-0.2, -0.15) is 0 Å². The van der Waals surface area contributed by atoms with Gasteiger partial charge in [0.15, 0.2) is 0 Å². The van der Waals surface area contributed by atoms with Crippen molar-refractivity contribution < 1.29 is 9.90 Å². The van der Waals surface area contributed by atoms with E-state index in [-0.39, 0.29) is 5.56 Å². The number of hydrogen-bond donors (Lipinski definition) is 3. The zero-order valence-corrected chi connectivity index (χ0v) is 7.77. The third-order valence-corrected chi connectivity index (χ3v) is 2.15. The lowest BCUT2D eigenvalue weighted by molar-refractivity contribution is 0.0697. The quantitative estimate of drug-likeness (QED) is 0.504. The third kappa shape index (κ3) is 1.49. The van der Waals surface area contributed by atoms with Gasteiger partial charge in [0, 0.05) is 11.6 Å². The van der Waals surface area contributed by atoms with Gasteiger partial charge in [0.1, 0.15) is 5.56 Å². The van der Waals surface area contributed by atoms with Crippen LogP contribution in [0.15, 0.2) is 30.5 Å². The highest BCUT2D eigenvalue weighted by molar-refractivity contribution is 6.03. The van der Waals surface area contributed by atoms with Gasteiger partial charge < -0.3 is 10.5 Å². The number of benzene rings is 1. The standard InChI is InChI=1S/C10H9N3O2/c11-13-9-6-3-1-2-4-8(6)12-5-7(9)10(14)15/h1-5H,11H2,(H,12,13)(H,14,15). The van der Waals surface area contributed by atoms with Crippen LogP contribution in [0.1, 0.15) is 10.4 Å². The molecule has 0 atom stereocenters. The monoisotopic (exact) mass is 203 g/mol. The number of anilines is 1. The summed E-state index contributed by atoms with van der Waals surface area (Å²) in [5.41, 5.74) is 3.55. The van der Waals surface area contributed by atoms with E-state index in [4.69, 9.17) is 10.9 Å². The smallest absolute Gasteiger partial charge is 0.339 e. The van der Waals surface area contributed by atoms with Gasteiger partial charge in [0.05, 0.1) is 11.2 Å². The first-order valence-electron chi connectivity index (χ1n) is 4.31. The van der Waals surface area contributed by atoms with Crippen LogP contribution in [-0.2, 0) is 0 Å². The van der Waals surface area contributed by atoms with E-state index in [1.807, 2.05) is 6.07 Å². The summed E-state index contributed by atoms with van der Waals surface area (Å²) in [7, 11) is 0. The summed E-state index contributed by atoms with van der Waals surface area (Å²) in [4.78, 5) is 14.9. The molecule has 0 saturated carbocycles. The maximum absolute atomic E-state index is 10.9. The van der Waals surface area contributed by atoms with Crippen molar-refractivity contribution in [3.8, 4) is 0 Å². The van der Waals surface area contributed by atoms with E-state index in [0.29, 0.717) is 16.6 Å². The summed E-state index contributed by atoms with van der Waals surface area (Å²) in [5, 5.41) is 9.62. The number of carboxylic acid groups (broad SMARTS) is 1. The zero-order valence-electron chi connectivity index (χ0n) is 7.77. The number of nitrogen functional groups attached to an aromatic ring is 1. The number of fused-ring (bicyclic) bond motifs is 1. The van der Waals surface area contributed by atoms with E-state index in [2.05, 4.69) is 10.4 Å². The molecule has 1 aromatic carbocycles. The second-order valence-electron chi connectivity index (χ2n) is 3.01. The van der Waals surface area contributed by atoms with Crippen molar-refractivity contribution in [3.05, 3.63) is 36.0 Å². The molecule has 5 nitrogen and oxygen atoms in total. The lowest BCUT2D eigenvalue weighted by Gasteiger charge is -2.08. The van der Waals surface area contributed by atoms with Gasteiger partial charge in [-0.25, -0.2) is 4.79 Å². The molecule has 0 aliphatic carbocycles. The van der Waals surface area contributed by atoms with Crippen molar-refractivity contribution in [2.75, 3.05) is 5.43 Å². The van der Waals surface area contributed by atoms with Crippen LogP contribution in [0.2, 0.25) is 0 Å². The molecule has 4 N–H and O–H groups in total. The summed E-state index contributed by atoms with van der Waals surface area (Å²) in [6.07, 6.45) is 1.29. The molecule has 0 radical (unpaired) electrons. The fourth-order valence-electron chi connectivity index (χ4n) is 1.46. The Morgan fingerprint density at radius 1 is 1.40 bits per heavy atom. The number of pyridine rings is 1. The number of carbonyl (C=O) groups is 1. The predicted octanol–water partition coefficient (Wildman–Crippen LogP) is 1.22. The molecule has 0 bridgehead atoms. The van der Waals surface area contributed by atoms with Crippen molar-refractivity contribution in [1.29, 1.82) is 0 Å². The lowest BCUT2D eigenvalue weighted by atomic mass is 10.1. The molecule has 76 valence electrons. The van der Waals surface area contributed by atoms with Crippen molar-refractivity contribution in [1.82, 2.24) is 4.98 Å². The van der Waals surface area contributed by atoms with E-state index in [1.165, 1.54) is 6.20 Å². The first kappa shape index (κ1) is 9.42. The van der Waals surface area contributed by atoms with Crippen LogP contribution in [0.25, 0.3) is 10.9 Å². The van der Waals surface area contributed by atoms with E-state index in [0.717, 1.165) is 0 Å². The molecule has 0 spiro atoms. The third-order valence-electron chi connectivity index (χ3n) is 2.15. The topological polar surface area (TPSA) is 88.2 Å². The zero-order chi connectivity index (χ0) is 10.8. The number of aromatic carboxylic acids is 1. The van der Waals surface area contributed by atoms with Crippen LogP contribution >= 0.6 is 0 Å². The molecule has 1 heterocycles. The van der Waals surface area contributed by atoms with E-state index >= 15 is 0 Å². The number of para-hydroxylation sites is 1. The van der Waals surface area contributed by atoms with Gasteiger partial charge in [-0.15, -0.1) is 0 Å². The predicted molar refractivity (Wildman–Crippen MR) is 56.5 cm³/mol. The minimum Gasteiger partial charge on any atom is -0.478 e. The molecule has 1 aromatic heterocycles. The van der Waals surface area contributed by atoms with Crippen LogP contribution in [0.5, 0.6) is 0 Å². The Morgan fingerprint density at radius 2 is 2.13 bits per heavy atom. The van der Waals surface area contributed by atoms with Crippen molar-refractivity contribution in [3.63, 3.8) is 0 Å². The Kier molecular flexibility index (Phi) is 2.23. The molecule has 0 aliphatic heterocycles. The summed E-state index contributed by atoms with van der Waals surface area (Å²) < 4.78 is 0. The number of nitrogens with two attached hydrogens (primary N) is 1. The largest absolute Gasteiger partial charge is 0.478 e. The average Bonchev–Trinajstić information content (AvgIpc) is 2.27. The minimum atomic E-state index is -1.05. The van der Waals surface area contributed by atoms with Gasteiger partial charge in [-0.1, -0.05) is 18.2 Å². The minimum absolute atomic E-state index is 0.0659. The number of rotatable bonds is 2. The van der Waals surface area contributed by atoms with E-state index in [9.17, 15) is 4.79 Å². The number of nitrogens with zero attached hydrogens (tertiary/aromatic N) is 1. The van der Waals surface area contributed by atoms with Crippen LogP contribution in [0, 0.1) is 0 Å². The molecule has 0 aliphatic rings. The SMILES string of the molecule is NNc1c(C(=O)O)cnc2ccccc12. The first-order valence-corrected chi connectivity index (χ1v) is 4.31. The fourth-order valence-corrected chi connectivity index (χ4v) is 1.46. The van der Waals surface area contributed by atoms with Crippen LogP contribution < -0.4 is 11.3 Å². The number of hydrogen-bond acceptors (Lipinski definition) is 4. The van der Waals surface area contributed by atoms with Crippen molar-refractivity contribution in [2.45, 2.75) is 0 Å². The maximum atomic E-state index is 10.9. The Labute approximate surface area is 85.5 Å². The van der Waals surface area contributed by atoms with Gasteiger partial charge >= 0.3 is 5.97 Å². The van der Waals surface area contributed by atoms with Crippen LogP contribution in [0.3, 0.4) is 0 Å². The van der Waals surface area contributed by atoms with Gasteiger partial charge in [0.25, 0.3) is 0 Å². The normalized spacial score (nSPS) is 10.2. The molecule has 0 fully saturated rings. The molecule has 15 heavy (non-hydrogen) atoms. The van der Waals surface area contributed by atoms with Crippen molar-refractivity contribution in [2.24, 2.45) is 5.84 Å². The van der Waals surface area contributed by atoms with Crippen LogP contribution in [0.4, 0.5) is 5.69 Å². The number of carboxylic acids is 1. The number of aromatic nitrogens is 1. The second-order valence-corrected chi connectivity index (χ2v) is 3.01. The molecule has 0 saturated heterocycles. The van der Waals surface area contributed by atoms with Gasteiger partial charge in [-0.3, -0.25) is 10.8 Å². The highest BCUT2D eigenvalue weighted by Crippen LogP contribution is 2.24. The number of hydrazine groups is 1. The van der Waals surface area contributed by atoms with Crippen LogP contribution in [-0.4, -0.2) is 16.1 Å².